The Morgan fingerprint density at radius 2 is 0.980 bits per heavy atom. The minimum absolute atomic E-state index is 0.108. The monoisotopic (exact) mass is 721 g/mol. The molecule has 51 heavy (non-hydrogen) atoms. The van der Waals surface area contributed by atoms with E-state index in [1.54, 1.807) is 0 Å². The third-order valence-electron chi connectivity index (χ3n) is 9.90. The summed E-state index contributed by atoms with van der Waals surface area (Å²) in [6.45, 7) is 7.71. The lowest BCUT2D eigenvalue weighted by molar-refractivity contribution is -0.161. The maximum absolute atomic E-state index is 12.7. The van der Waals surface area contributed by atoms with E-state index in [0.29, 0.717) is 12.8 Å². The Hall–Kier alpha value is -2.09. The third-order valence-corrected chi connectivity index (χ3v) is 9.90. The van der Waals surface area contributed by atoms with Gasteiger partial charge in [-0.25, -0.2) is 4.79 Å². The van der Waals surface area contributed by atoms with E-state index in [9.17, 15) is 14.4 Å². The fraction of sp³-hybridized carbons (Fsp3) is 0.884. The van der Waals surface area contributed by atoms with Crippen LogP contribution in [0.1, 0.15) is 201 Å². The molecule has 0 aromatic carbocycles. The molecule has 0 aromatic heterocycles. The smallest absolute Gasteiger partial charge is 0.407 e. The second-order valence-corrected chi connectivity index (χ2v) is 15.6. The fourth-order valence-corrected chi connectivity index (χ4v) is 6.92. The first kappa shape index (κ1) is 46.9. The van der Waals surface area contributed by atoms with Crippen molar-refractivity contribution < 1.29 is 28.6 Å². The van der Waals surface area contributed by atoms with Gasteiger partial charge < -0.3 is 24.4 Å². The zero-order valence-corrected chi connectivity index (χ0v) is 33.8. The topological polar surface area (TPSA) is 94.2 Å². The van der Waals surface area contributed by atoms with Crippen LogP contribution in [0.4, 0.5) is 4.79 Å². The van der Waals surface area contributed by atoms with Gasteiger partial charge in [-0.05, 0) is 52.5 Å². The molecule has 8 heteroatoms. The molecule has 0 saturated carbocycles. The van der Waals surface area contributed by atoms with Crippen molar-refractivity contribution in [1.29, 1.82) is 0 Å². The van der Waals surface area contributed by atoms with E-state index in [1.807, 2.05) is 14.0 Å². The normalized spacial score (nSPS) is 14.7. The molecule has 1 aliphatic heterocycles. The number of likely N-dealkylation sites (tertiary alicyclic amines) is 1. The summed E-state index contributed by atoms with van der Waals surface area (Å²) in [5, 5.41) is 2.89. The van der Waals surface area contributed by atoms with Crippen LogP contribution in [0, 0.1) is 0 Å². The van der Waals surface area contributed by atoms with Gasteiger partial charge in [0, 0.05) is 25.9 Å². The zero-order valence-electron chi connectivity index (χ0n) is 33.8. The first-order valence-electron chi connectivity index (χ1n) is 21.4. The molecule has 0 spiro atoms. The van der Waals surface area contributed by atoms with E-state index in [0.717, 1.165) is 64.5 Å². The molecule has 8 nitrogen and oxygen atoms in total. The lowest BCUT2D eigenvalue weighted by atomic mass is 9.93. The Bertz CT molecular complexity index is 888. The first-order valence-corrected chi connectivity index (χ1v) is 21.4. The van der Waals surface area contributed by atoms with Gasteiger partial charge in [0.1, 0.15) is 13.2 Å². The molecule has 1 fully saturated rings. The maximum atomic E-state index is 12.7. The molecule has 1 rings (SSSR count). The highest BCUT2D eigenvalue weighted by Gasteiger charge is 2.38. The number of nitrogens with zero attached hydrogens (tertiary/aromatic N) is 1. The maximum Gasteiger partial charge on any atom is 0.407 e. The number of allylic oxidation sites excluding steroid dienone is 2. The van der Waals surface area contributed by atoms with Crippen LogP contribution in [-0.4, -0.2) is 67.9 Å². The molecule has 298 valence electrons. The molecule has 0 bridgehead atoms. The molecule has 1 saturated heterocycles. The van der Waals surface area contributed by atoms with Crippen molar-refractivity contribution >= 4 is 18.0 Å². The molecular formula is C43H80N2O6. The van der Waals surface area contributed by atoms with Gasteiger partial charge >= 0.3 is 18.0 Å². The minimum atomic E-state index is -0.821. The summed E-state index contributed by atoms with van der Waals surface area (Å²) < 4.78 is 16.5. The SMILES string of the molecule is CCCCCCCC/C=C\CCCCCCCC(=O)OC(COC(=O)CCCCCCCCCCCCCCC)COC(=O)NC1(C)CN(C)C1. The number of hydrogen-bond acceptors (Lipinski definition) is 7. The fourth-order valence-electron chi connectivity index (χ4n) is 6.92. The van der Waals surface area contributed by atoms with E-state index >= 15 is 0 Å². The van der Waals surface area contributed by atoms with E-state index < -0.39 is 12.2 Å². The van der Waals surface area contributed by atoms with Crippen LogP contribution < -0.4 is 5.32 Å². The van der Waals surface area contributed by atoms with E-state index in [-0.39, 0.29) is 30.7 Å². The van der Waals surface area contributed by atoms with Crippen LogP contribution in [0.2, 0.25) is 0 Å². The number of esters is 2. The molecule has 0 radical (unpaired) electrons. The highest BCUT2D eigenvalue weighted by Crippen LogP contribution is 2.18. The molecule has 1 unspecified atom stereocenters. The highest BCUT2D eigenvalue weighted by atomic mass is 16.6. The van der Waals surface area contributed by atoms with Crippen molar-refractivity contribution in [3.8, 4) is 0 Å². The number of carbonyl (C=O) groups excluding carboxylic acids is 3. The molecule has 1 N–H and O–H groups in total. The van der Waals surface area contributed by atoms with Crippen molar-refractivity contribution in [3.63, 3.8) is 0 Å². The van der Waals surface area contributed by atoms with Gasteiger partial charge in [-0.1, -0.05) is 154 Å². The predicted octanol–water partition coefficient (Wildman–Crippen LogP) is 11.4. The van der Waals surface area contributed by atoms with Gasteiger partial charge in [-0.2, -0.15) is 0 Å². The van der Waals surface area contributed by atoms with Gasteiger partial charge in [0.15, 0.2) is 6.10 Å². The Morgan fingerprint density at radius 3 is 1.43 bits per heavy atom. The summed E-state index contributed by atoms with van der Waals surface area (Å²) in [4.78, 5) is 39.7. The van der Waals surface area contributed by atoms with E-state index in [4.69, 9.17) is 14.2 Å². The van der Waals surface area contributed by atoms with Crippen LogP contribution in [0.25, 0.3) is 0 Å². The second-order valence-electron chi connectivity index (χ2n) is 15.6. The third kappa shape index (κ3) is 29.1. The summed E-state index contributed by atoms with van der Waals surface area (Å²) >= 11 is 0. The first-order chi connectivity index (χ1) is 24.8. The Morgan fingerprint density at radius 1 is 0.588 bits per heavy atom. The van der Waals surface area contributed by atoms with Crippen molar-refractivity contribution in [2.75, 3.05) is 33.4 Å². The zero-order chi connectivity index (χ0) is 37.3. The van der Waals surface area contributed by atoms with Gasteiger partial charge in [0.25, 0.3) is 0 Å². The number of nitrogens with one attached hydrogen (secondary N) is 1. The van der Waals surface area contributed by atoms with Gasteiger partial charge in [-0.3, -0.25) is 9.59 Å². The standard InChI is InChI=1S/C43H80N2O6/c1-5-7-9-11-13-15-17-19-20-22-24-26-28-30-32-34-41(47)51-39(36-50-42(48)44-43(3)37-45(4)38-43)35-49-40(46)33-31-29-27-25-23-21-18-16-14-12-10-8-6-2/h19-20,39H,5-18,21-38H2,1-4H3,(H,44,48)/b20-19-. The average Bonchev–Trinajstić information content (AvgIpc) is 3.09. The molecule has 1 atom stereocenters. The van der Waals surface area contributed by atoms with Gasteiger partial charge in [-0.15, -0.1) is 0 Å². The Labute approximate surface area is 314 Å². The summed E-state index contributed by atoms with van der Waals surface area (Å²) in [5.74, 6) is -0.646. The number of alkyl carbamates (subject to hydrolysis) is 1. The van der Waals surface area contributed by atoms with Crippen LogP contribution >= 0.6 is 0 Å². The van der Waals surface area contributed by atoms with Crippen LogP contribution in [0.15, 0.2) is 12.2 Å². The van der Waals surface area contributed by atoms with Gasteiger partial charge in [0.2, 0.25) is 0 Å². The average molecular weight is 721 g/mol. The quantitative estimate of drug-likeness (QED) is 0.0301. The Balaban J connectivity index is 2.24. The van der Waals surface area contributed by atoms with Crippen LogP contribution in [0.3, 0.4) is 0 Å². The molecule has 1 aliphatic rings. The summed E-state index contributed by atoms with van der Waals surface area (Å²) in [7, 11) is 1.99. The van der Waals surface area contributed by atoms with Crippen molar-refractivity contribution in [3.05, 3.63) is 12.2 Å². The van der Waals surface area contributed by atoms with Crippen LogP contribution in [-0.2, 0) is 23.8 Å². The van der Waals surface area contributed by atoms with Crippen molar-refractivity contribution in [2.45, 2.75) is 212 Å². The van der Waals surface area contributed by atoms with Crippen molar-refractivity contribution in [1.82, 2.24) is 10.2 Å². The van der Waals surface area contributed by atoms with Gasteiger partial charge in [0.05, 0.1) is 5.54 Å². The number of ether oxygens (including phenoxy) is 3. The van der Waals surface area contributed by atoms with E-state index in [2.05, 4.69) is 36.2 Å². The van der Waals surface area contributed by atoms with Crippen LogP contribution in [0.5, 0.6) is 0 Å². The van der Waals surface area contributed by atoms with Crippen molar-refractivity contribution in [2.24, 2.45) is 0 Å². The molecular weight excluding hydrogens is 640 g/mol. The molecule has 0 aromatic rings. The minimum Gasteiger partial charge on any atom is -0.462 e. The number of carbonyl (C=O) groups is 3. The Kier molecular flexibility index (Phi) is 30.0. The highest BCUT2D eigenvalue weighted by molar-refractivity contribution is 5.71. The summed E-state index contributed by atoms with van der Waals surface area (Å²) in [6.07, 6.45) is 35.7. The summed E-state index contributed by atoms with van der Waals surface area (Å²) in [6, 6.07) is 0. The van der Waals surface area contributed by atoms with E-state index in [1.165, 1.54) is 116 Å². The number of amides is 1. The number of rotatable bonds is 35. The lowest BCUT2D eigenvalue weighted by Gasteiger charge is -2.46. The second kappa shape index (κ2) is 32.6. The molecule has 1 heterocycles. The molecule has 0 aliphatic carbocycles. The predicted molar refractivity (Wildman–Crippen MR) is 211 cm³/mol. The summed E-state index contributed by atoms with van der Waals surface area (Å²) in [5.41, 5.74) is -0.331. The number of hydrogen-bond donors (Lipinski definition) is 1. The number of likely N-dealkylation sites (N-methyl/N-ethyl adjacent to an activating group) is 1. The number of unbranched alkanes of at least 4 members (excludes halogenated alkanes) is 23. The lowest BCUT2D eigenvalue weighted by Crippen LogP contribution is -2.67. The molecule has 1 amide bonds. The largest absolute Gasteiger partial charge is 0.462 e.